The number of carbonyl (C=O) groups excluding carboxylic acids is 1. The molecule has 106 valence electrons. The van der Waals surface area contributed by atoms with Crippen LogP contribution in [0.4, 0.5) is 0 Å². The number of aliphatic hydroxyl groups is 1. The SMILES string of the molecule is CC(=O)N[C@H]1CCC[C@](O)(C#Cc2cccc(C)c2)C1. The lowest BCUT2D eigenvalue weighted by Crippen LogP contribution is -2.44. The first-order valence-corrected chi connectivity index (χ1v) is 7.06. The lowest BCUT2D eigenvalue weighted by Gasteiger charge is -2.33. The van der Waals surface area contributed by atoms with Crippen molar-refractivity contribution in [2.75, 3.05) is 0 Å². The summed E-state index contributed by atoms with van der Waals surface area (Å²) in [6.45, 7) is 3.53. The zero-order valence-electron chi connectivity index (χ0n) is 12.1. The van der Waals surface area contributed by atoms with Gasteiger partial charge in [-0.05, 0) is 43.9 Å². The quantitative estimate of drug-likeness (QED) is 0.769. The first-order valence-electron chi connectivity index (χ1n) is 7.06. The molecule has 2 rings (SSSR count). The van der Waals surface area contributed by atoms with E-state index >= 15 is 0 Å². The zero-order chi connectivity index (χ0) is 14.6. The van der Waals surface area contributed by atoms with Gasteiger partial charge in [-0.15, -0.1) is 0 Å². The molecule has 0 unspecified atom stereocenters. The summed E-state index contributed by atoms with van der Waals surface area (Å²) in [5, 5.41) is 13.4. The third-order valence-corrected chi connectivity index (χ3v) is 3.59. The van der Waals surface area contributed by atoms with Crippen molar-refractivity contribution in [2.24, 2.45) is 0 Å². The summed E-state index contributed by atoms with van der Waals surface area (Å²) in [4.78, 5) is 11.1. The molecule has 3 heteroatoms. The number of aryl methyl sites for hydroxylation is 1. The second kappa shape index (κ2) is 6.11. The summed E-state index contributed by atoms with van der Waals surface area (Å²) in [6.07, 6.45) is 2.96. The number of amides is 1. The number of carbonyl (C=O) groups is 1. The molecule has 20 heavy (non-hydrogen) atoms. The fraction of sp³-hybridized carbons (Fsp3) is 0.471. The summed E-state index contributed by atoms with van der Waals surface area (Å²) in [5.74, 6) is 6.01. The van der Waals surface area contributed by atoms with Crippen molar-refractivity contribution in [3.63, 3.8) is 0 Å². The minimum absolute atomic E-state index is 0.0260. The van der Waals surface area contributed by atoms with Crippen molar-refractivity contribution in [1.29, 1.82) is 0 Å². The van der Waals surface area contributed by atoms with Crippen LogP contribution in [0.3, 0.4) is 0 Å². The third-order valence-electron chi connectivity index (χ3n) is 3.59. The van der Waals surface area contributed by atoms with Gasteiger partial charge in [-0.25, -0.2) is 0 Å². The molecule has 0 radical (unpaired) electrons. The van der Waals surface area contributed by atoms with E-state index in [-0.39, 0.29) is 11.9 Å². The molecule has 2 atom stereocenters. The van der Waals surface area contributed by atoms with E-state index in [9.17, 15) is 9.90 Å². The first kappa shape index (κ1) is 14.6. The molecule has 0 spiro atoms. The van der Waals surface area contributed by atoms with Crippen molar-refractivity contribution in [3.05, 3.63) is 35.4 Å². The first-order chi connectivity index (χ1) is 9.47. The Morgan fingerprint density at radius 3 is 3.00 bits per heavy atom. The Morgan fingerprint density at radius 1 is 1.50 bits per heavy atom. The van der Waals surface area contributed by atoms with E-state index in [0.717, 1.165) is 24.0 Å². The molecule has 1 aromatic carbocycles. The van der Waals surface area contributed by atoms with Crippen LogP contribution in [0, 0.1) is 18.8 Å². The second-order valence-corrected chi connectivity index (χ2v) is 5.64. The average molecular weight is 271 g/mol. The van der Waals surface area contributed by atoms with E-state index in [1.54, 1.807) is 0 Å². The molecule has 1 aliphatic rings. The Kier molecular flexibility index (Phi) is 4.46. The van der Waals surface area contributed by atoms with Gasteiger partial charge in [0.2, 0.25) is 5.91 Å². The molecule has 1 amide bonds. The number of hydrogen-bond acceptors (Lipinski definition) is 2. The van der Waals surface area contributed by atoms with Gasteiger partial charge < -0.3 is 10.4 Å². The highest BCUT2D eigenvalue weighted by Gasteiger charge is 2.33. The minimum Gasteiger partial charge on any atom is -0.378 e. The maximum absolute atomic E-state index is 11.1. The van der Waals surface area contributed by atoms with Crippen LogP contribution in [0.1, 0.15) is 43.7 Å². The highest BCUT2D eigenvalue weighted by atomic mass is 16.3. The summed E-state index contributed by atoms with van der Waals surface area (Å²) < 4.78 is 0. The Hall–Kier alpha value is -1.79. The van der Waals surface area contributed by atoms with Gasteiger partial charge in [-0.3, -0.25) is 4.79 Å². The van der Waals surface area contributed by atoms with Gasteiger partial charge in [0.05, 0.1) is 0 Å². The Morgan fingerprint density at radius 2 is 2.30 bits per heavy atom. The summed E-state index contributed by atoms with van der Waals surface area (Å²) in [7, 11) is 0. The smallest absolute Gasteiger partial charge is 0.217 e. The van der Waals surface area contributed by atoms with E-state index in [1.165, 1.54) is 6.92 Å². The van der Waals surface area contributed by atoms with Crippen LogP contribution in [0.2, 0.25) is 0 Å². The summed E-state index contributed by atoms with van der Waals surface area (Å²) in [6, 6.07) is 7.96. The molecule has 3 nitrogen and oxygen atoms in total. The fourth-order valence-corrected chi connectivity index (χ4v) is 2.69. The number of benzene rings is 1. The molecule has 0 heterocycles. The molecule has 0 saturated heterocycles. The van der Waals surface area contributed by atoms with Gasteiger partial charge in [0, 0.05) is 24.9 Å². The molecule has 0 aliphatic heterocycles. The summed E-state index contributed by atoms with van der Waals surface area (Å²) >= 11 is 0. The lowest BCUT2D eigenvalue weighted by atomic mass is 9.82. The van der Waals surface area contributed by atoms with Crippen LogP contribution >= 0.6 is 0 Å². The average Bonchev–Trinajstić information content (AvgIpc) is 2.36. The topological polar surface area (TPSA) is 49.3 Å². The van der Waals surface area contributed by atoms with E-state index in [0.29, 0.717) is 12.8 Å². The van der Waals surface area contributed by atoms with Gasteiger partial charge >= 0.3 is 0 Å². The lowest BCUT2D eigenvalue weighted by molar-refractivity contribution is -0.120. The Balaban J connectivity index is 2.09. The van der Waals surface area contributed by atoms with Crippen molar-refractivity contribution in [1.82, 2.24) is 5.32 Å². The minimum atomic E-state index is -0.991. The van der Waals surface area contributed by atoms with Crippen LogP contribution < -0.4 is 5.32 Å². The predicted octanol–water partition coefficient (Wildman–Crippen LogP) is 2.16. The number of hydrogen-bond donors (Lipinski definition) is 2. The van der Waals surface area contributed by atoms with Gasteiger partial charge in [0.15, 0.2) is 0 Å². The van der Waals surface area contributed by atoms with Crippen LogP contribution in [0.25, 0.3) is 0 Å². The molecule has 1 saturated carbocycles. The van der Waals surface area contributed by atoms with Gasteiger partial charge in [0.25, 0.3) is 0 Å². The molecule has 2 N–H and O–H groups in total. The van der Waals surface area contributed by atoms with Crippen LogP contribution in [-0.4, -0.2) is 22.7 Å². The Bertz CT molecular complexity index is 556. The molecule has 1 fully saturated rings. The molecule has 0 aromatic heterocycles. The van der Waals surface area contributed by atoms with Gasteiger partial charge in [0.1, 0.15) is 5.60 Å². The normalized spacial score (nSPS) is 25.4. The maximum atomic E-state index is 11.1. The third kappa shape index (κ3) is 4.11. The van der Waals surface area contributed by atoms with Gasteiger partial charge in [-0.2, -0.15) is 0 Å². The number of rotatable bonds is 1. The number of nitrogens with one attached hydrogen (secondary N) is 1. The fourth-order valence-electron chi connectivity index (χ4n) is 2.69. The van der Waals surface area contributed by atoms with Crippen molar-refractivity contribution < 1.29 is 9.90 Å². The highest BCUT2D eigenvalue weighted by molar-refractivity contribution is 5.73. The molecule has 1 aliphatic carbocycles. The molecule has 1 aromatic rings. The largest absolute Gasteiger partial charge is 0.378 e. The Labute approximate surface area is 120 Å². The molecule has 0 bridgehead atoms. The van der Waals surface area contributed by atoms with Crippen molar-refractivity contribution >= 4 is 5.91 Å². The van der Waals surface area contributed by atoms with Crippen LogP contribution in [0.15, 0.2) is 24.3 Å². The van der Waals surface area contributed by atoms with E-state index < -0.39 is 5.60 Å². The van der Waals surface area contributed by atoms with E-state index in [2.05, 4.69) is 17.2 Å². The molecular weight excluding hydrogens is 250 g/mol. The second-order valence-electron chi connectivity index (χ2n) is 5.64. The predicted molar refractivity (Wildman–Crippen MR) is 79.1 cm³/mol. The van der Waals surface area contributed by atoms with Gasteiger partial charge in [-0.1, -0.05) is 24.0 Å². The maximum Gasteiger partial charge on any atom is 0.217 e. The highest BCUT2D eigenvalue weighted by Crippen LogP contribution is 2.28. The van der Waals surface area contributed by atoms with Crippen LogP contribution in [-0.2, 0) is 4.79 Å². The standard InChI is InChI=1S/C17H21NO2/c1-13-5-3-6-15(11-13)8-10-17(20)9-4-7-16(12-17)18-14(2)19/h3,5-6,11,16,20H,4,7,9,12H2,1-2H3,(H,18,19)/t16-,17-/m0/s1. The van der Waals surface area contributed by atoms with E-state index in [1.807, 2.05) is 31.2 Å². The molecular formula is C17H21NO2. The monoisotopic (exact) mass is 271 g/mol. The van der Waals surface area contributed by atoms with E-state index in [4.69, 9.17) is 0 Å². The van der Waals surface area contributed by atoms with Crippen molar-refractivity contribution in [2.45, 2.75) is 51.2 Å². The zero-order valence-corrected chi connectivity index (χ0v) is 12.1. The van der Waals surface area contributed by atoms with Crippen molar-refractivity contribution in [3.8, 4) is 11.8 Å². The summed E-state index contributed by atoms with van der Waals surface area (Å²) in [5.41, 5.74) is 1.08. The van der Waals surface area contributed by atoms with Crippen LogP contribution in [0.5, 0.6) is 0 Å².